The monoisotopic (exact) mass is 336 g/mol. The number of hydrogen-bond donors (Lipinski definition) is 1. The summed E-state index contributed by atoms with van der Waals surface area (Å²) in [6.07, 6.45) is 1.10. The molecule has 2 aromatic carbocycles. The van der Waals surface area contributed by atoms with E-state index in [2.05, 4.69) is 49.4 Å². The molecule has 3 aromatic rings. The van der Waals surface area contributed by atoms with Gasteiger partial charge in [-0.1, -0.05) is 36.4 Å². The van der Waals surface area contributed by atoms with E-state index >= 15 is 0 Å². The second-order valence-electron chi connectivity index (χ2n) is 6.50. The van der Waals surface area contributed by atoms with Crippen molar-refractivity contribution in [3.63, 3.8) is 0 Å². The highest BCUT2D eigenvalue weighted by Gasteiger charge is 2.24. The molecule has 6 heteroatoms. The number of aromatic nitrogens is 2. The van der Waals surface area contributed by atoms with Crippen LogP contribution in [0.25, 0.3) is 11.0 Å². The lowest BCUT2D eigenvalue weighted by Gasteiger charge is -2.16. The fourth-order valence-corrected chi connectivity index (χ4v) is 3.37. The van der Waals surface area contributed by atoms with Crippen LogP contribution in [-0.4, -0.2) is 40.8 Å². The van der Waals surface area contributed by atoms with Gasteiger partial charge >= 0.3 is 0 Å². The molecule has 1 aliphatic rings. The molecular formula is C19H20N4O2. The average Bonchev–Trinajstić information content (AvgIpc) is 3.29. The van der Waals surface area contributed by atoms with E-state index in [0.717, 1.165) is 30.6 Å². The first-order chi connectivity index (χ1) is 12.3. The van der Waals surface area contributed by atoms with Gasteiger partial charge in [-0.15, -0.1) is 0 Å². The van der Waals surface area contributed by atoms with Gasteiger partial charge in [0.2, 0.25) is 5.91 Å². The summed E-state index contributed by atoms with van der Waals surface area (Å²) in [5.41, 5.74) is 3.77. The van der Waals surface area contributed by atoms with Crippen LogP contribution in [0, 0.1) is 0 Å². The Kier molecular flexibility index (Phi) is 4.43. The molecule has 1 aliphatic heterocycles. The van der Waals surface area contributed by atoms with Gasteiger partial charge in [0, 0.05) is 13.1 Å². The largest absolute Gasteiger partial charge is 0.351 e. The third-order valence-electron chi connectivity index (χ3n) is 4.72. The highest BCUT2D eigenvalue weighted by molar-refractivity contribution is 5.78. The molecule has 0 saturated carbocycles. The second kappa shape index (κ2) is 7.03. The SMILES string of the molecule is O=C(CN1CC[C@@H](c2ccccc2)C1)NCc1ccc2nonc2c1. The Labute approximate surface area is 145 Å². The van der Waals surface area contributed by atoms with E-state index in [4.69, 9.17) is 0 Å². The Hall–Kier alpha value is -2.73. The number of nitrogens with one attached hydrogen (secondary N) is 1. The Balaban J connectivity index is 1.28. The molecule has 0 spiro atoms. The van der Waals surface area contributed by atoms with Crippen LogP contribution in [0.4, 0.5) is 0 Å². The number of fused-ring (bicyclic) bond motifs is 1. The fraction of sp³-hybridized carbons (Fsp3) is 0.316. The lowest BCUT2D eigenvalue weighted by atomic mass is 9.99. The minimum Gasteiger partial charge on any atom is -0.351 e. The molecule has 1 atom stereocenters. The number of benzene rings is 2. The maximum Gasteiger partial charge on any atom is 0.234 e. The molecule has 2 heterocycles. The van der Waals surface area contributed by atoms with Gasteiger partial charge in [0.25, 0.3) is 0 Å². The third kappa shape index (κ3) is 3.69. The number of carbonyl (C=O) groups is 1. The molecule has 25 heavy (non-hydrogen) atoms. The van der Waals surface area contributed by atoms with Crippen LogP contribution < -0.4 is 5.32 Å². The topological polar surface area (TPSA) is 71.3 Å². The van der Waals surface area contributed by atoms with Crippen molar-refractivity contribution < 1.29 is 9.42 Å². The normalized spacial score (nSPS) is 17.8. The van der Waals surface area contributed by atoms with E-state index in [1.807, 2.05) is 24.3 Å². The van der Waals surface area contributed by atoms with Crippen LogP contribution in [0.3, 0.4) is 0 Å². The molecule has 0 aliphatic carbocycles. The van der Waals surface area contributed by atoms with Gasteiger partial charge in [-0.3, -0.25) is 9.69 Å². The molecule has 1 aromatic heterocycles. The summed E-state index contributed by atoms with van der Waals surface area (Å²) in [6.45, 7) is 2.83. The molecule has 0 unspecified atom stereocenters. The molecule has 1 N–H and O–H groups in total. The maximum absolute atomic E-state index is 12.2. The number of amides is 1. The zero-order valence-electron chi connectivity index (χ0n) is 13.9. The first-order valence-electron chi connectivity index (χ1n) is 8.53. The molecule has 6 nitrogen and oxygen atoms in total. The van der Waals surface area contributed by atoms with E-state index in [1.165, 1.54) is 5.56 Å². The van der Waals surface area contributed by atoms with Crippen molar-refractivity contribution in [1.29, 1.82) is 0 Å². The van der Waals surface area contributed by atoms with E-state index in [-0.39, 0.29) is 5.91 Å². The molecule has 0 bridgehead atoms. The second-order valence-corrected chi connectivity index (χ2v) is 6.50. The Morgan fingerprint density at radius 3 is 2.88 bits per heavy atom. The first-order valence-corrected chi connectivity index (χ1v) is 8.53. The van der Waals surface area contributed by atoms with Gasteiger partial charge in [-0.25, -0.2) is 4.63 Å². The molecule has 1 saturated heterocycles. The summed E-state index contributed by atoms with van der Waals surface area (Å²) in [5, 5.41) is 10.6. The molecule has 128 valence electrons. The van der Waals surface area contributed by atoms with Crippen molar-refractivity contribution in [3.8, 4) is 0 Å². The van der Waals surface area contributed by atoms with Crippen LogP contribution in [-0.2, 0) is 11.3 Å². The maximum atomic E-state index is 12.2. The molecule has 4 rings (SSSR count). The van der Waals surface area contributed by atoms with Gasteiger partial charge in [0.05, 0.1) is 6.54 Å². The van der Waals surface area contributed by atoms with Crippen LogP contribution in [0.15, 0.2) is 53.2 Å². The lowest BCUT2D eigenvalue weighted by Crippen LogP contribution is -2.35. The molecule has 1 fully saturated rings. The zero-order valence-corrected chi connectivity index (χ0v) is 13.9. The number of hydrogen-bond acceptors (Lipinski definition) is 5. The van der Waals surface area contributed by atoms with Crippen molar-refractivity contribution >= 4 is 16.9 Å². The van der Waals surface area contributed by atoms with Crippen molar-refractivity contribution in [2.45, 2.75) is 18.9 Å². The van der Waals surface area contributed by atoms with Crippen molar-refractivity contribution in [2.75, 3.05) is 19.6 Å². The number of nitrogens with zero attached hydrogens (tertiary/aromatic N) is 3. The summed E-state index contributed by atoms with van der Waals surface area (Å²) in [6, 6.07) is 16.2. The minimum atomic E-state index is 0.0482. The summed E-state index contributed by atoms with van der Waals surface area (Å²) >= 11 is 0. The van der Waals surface area contributed by atoms with Crippen molar-refractivity contribution in [1.82, 2.24) is 20.5 Å². The van der Waals surface area contributed by atoms with Crippen LogP contribution >= 0.6 is 0 Å². The lowest BCUT2D eigenvalue weighted by molar-refractivity contribution is -0.122. The minimum absolute atomic E-state index is 0.0482. The Morgan fingerprint density at radius 2 is 2.00 bits per heavy atom. The smallest absolute Gasteiger partial charge is 0.234 e. The number of rotatable bonds is 5. The third-order valence-corrected chi connectivity index (χ3v) is 4.72. The van der Waals surface area contributed by atoms with Crippen molar-refractivity contribution in [2.24, 2.45) is 0 Å². The van der Waals surface area contributed by atoms with Crippen molar-refractivity contribution in [3.05, 3.63) is 59.7 Å². The van der Waals surface area contributed by atoms with Gasteiger partial charge in [-0.2, -0.15) is 0 Å². The van der Waals surface area contributed by atoms with Gasteiger partial charge in [0.1, 0.15) is 11.0 Å². The number of carbonyl (C=O) groups excluding carboxylic acids is 1. The average molecular weight is 336 g/mol. The number of likely N-dealkylation sites (tertiary alicyclic amines) is 1. The Bertz CT molecular complexity index is 862. The summed E-state index contributed by atoms with van der Waals surface area (Å²) in [4.78, 5) is 14.4. The first kappa shape index (κ1) is 15.8. The predicted octanol–water partition coefficient (Wildman–Crippen LogP) is 2.33. The standard InChI is InChI=1S/C19H20N4O2/c24-19(20-11-14-6-7-17-18(10-14)22-25-21-17)13-23-9-8-16(12-23)15-4-2-1-3-5-15/h1-7,10,16H,8-9,11-13H2,(H,20,24)/t16-/m1/s1. The Morgan fingerprint density at radius 1 is 1.16 bits per heavy atom. The molecular weight excluding hydrogens is 316 g/mol. The van der Waals surface area contributed by atoms with E-state index in [0.29, 0.717) is 24.5 Å². The van der Waals surface area contributed by atoms with E-state index in [1.54, 1.807) is 0 Å². The van der Waals surface area contributed by atoms with Crippen LogP contribution in [0.1, 0.15) is 23.5 Å². The van der Waals surface area contributed by atoms with Gasteiger partial charge in [-0.05, 0) is 52.5 Å². The highest BCUT2D eigenvalue weighted by Crippen LogP contribution is 2.26. The molecule has 0 radical (unpaired) electrons. The van der Waals surface area contributed by atoms with E-state index < -0.39 is 0 Å². The quantitative estimate of drug-likeness (QED) is 0.774. The van der Waals surface area contributed by atoms with Crippen LogP contribution in [0.2, 0.25) is 0 Å². The van der Waals surface area contributed by atoms with E-state index in [9.17, 15) is 4.79 Å². The molecule has 1 amide bonds. The zero-order chi connectivity index (χ0) is 17.1. The highest BCUT2D eigenvalue weighted by atomic mass is 16.6. The summed E-state index contributed by atoms with van der Waals surface area (Å²) in [5.74, 6) is 0.572. The fourth-order valence-electron chi connectivity index (χ4n) is 3.37. The van der Waals surface area contributed by atoms with Gasteiger partial charge < -0.3 is 5.32 Å². The van der Waals surface area contributed by atoms with Gasteiger partial charge in [0.15, 0.2) is 0 Å². The predicted molar refractivity (Wildman–Crippen MR) is 93.9 cm³/mol. The van der Waals surface area contributed by atoms with Crippen LogP contribution in [0.5, 0.6) is 0 Å². The summed E-state index contributed by atoms with van der Waals surface area (Å²) in [7, 11) is 0. The summed E-state index contributed by atoms with van der Waals surface area (Å²) < 4.78 is 4.69.